The molecule has 0 saturated carbocycles. The zero-order valence-corrected chi connectivity index (χ0v) is 12.0. The van der Waals surface area contributed by atoms with Gasteiger partial charge in [-0.15, -0.1) is 9.24 Å². The van der Waals surface area contributed by atoms with E-state index < -0.39 is 5.82 Å². The van der Waals surface area contributed by atoms with Gasteiger partial charge in [0.2, 0.25) is 0 Å². The third kappa shape index (κ3) is 3.14. The van der Waals surface area contributed by atoms with Crippen molar-refractivity contribution in [1.29, 1.82) is 0 Å². The molecule has 19 heavy (non-hydrogen) atoms. The maximum Gasteiger partial charge on any atom is 0.268 e. The first kappa shape index (κ1) is 14.0. The van der Waals surface area contributed by atoms with Crippen LogP contribution in [0, 0.1) is 5.82 Å². The summed E-state index contributed by atoms with van der Waals surface area (Å²) in [5.74, 6) is -0.680. The highest BCUT2D eigenvalue weighted by Gasteiger charge is 2.12. The minimum atomic E-state index is -0.422. The van der Waals surface area contributed by atoms with E-state index in [1.54, 1.807) is 29.0 Å². The first-order chi connectivity index (χ1) is 9.13. The Kier molecular flexibility index (Phi) is 4.56. The standard InChI is InChI=1S/C13H13ClFN2OP/c14-10-3-1-4-11(15)9(10)7-16-13(18)12-5-2-6-17(12)8-19/h1-6H,7-8,19H2,(H,16,18). The molecule has 2 aromatic rings. The zero-order valence-electron chi connectivity index (χ0n) is 10.1. The van der Waals surface area contributed by atoms with Gasteiger partial charge in [-0.2, -0.15) is 0 Å². The van der Waals surface area contributed by atoms with Crippen molar-refractivity contribution in [1.82, 2.24) is 9.88 Å². The molecule has 0 spiro atoms. The molecular weight excluding hydrogens is 286 g/mol. The molecule has 0 bridgehead atoms. The molecule has 1 aromatic heterocycles. The fourth-order valence-corrected chi connectivity index (χ4v) is 2.29. The van der Waals surface area contributed by atoms with Crippen molar-refractivity contribution in [2.75, 3.05) is 0 Å². The molecule has 100 valence electrons. The number of nitrogens with one attached hydrogen (secondary N) is 1. The number of rotatable bonds is 4. The number of aromatic nitrogens is 1. The summed E-state index contributed by atoms with van der Waals surface area (Å²) in [4.78, 5) is 12.0. The van der Waals surface area contributed by atoms with E-state index in [1.165, 1.54) is 12.1 Å². The molecule has 1 N–H and O–H groups in total. The second kappa shape index (κ2) is 6.18. The Morgan fingerprint density at radius 3 is 2.84 bits per heavy atom. The lowest BCUT2D eigenvalue weighted by molar-refractivity contribution is 0.0942. The average Bonchev–Trinajstić information content (AvgIpc) is 2.86. The second-order valence-corrected chi connectivity index (χ2v) is 4.70. The molecule has 0 radical (unpaired) electrons. The molecule has 1 atom stereocenters. The van der Waals surface area contributed by atoms with Crippen molar-refractivity contribution in [2.45, 2.75) is 12.8 Å². The largest absolute Gasteiger partial charge is 0.347 e. The Bertz CT molecular complexity index is 580. The Balaban J connectivity index is 2.09. The molecule has 0 aliphatic heterocycles. The Morgan fingerprint density at radius 2 is 2.16 bits per heavy atom. The van der Waals surface area contributed by atoms with Crippen LogP contribution in [0.4, 0.5) is 4.39 Å². The van der Waals surface area contributed by atoms with E-state index in [-0.39, 0.29) is 12.5 Å². The Hall–Kier alpha value is -1.38. The summed E-state index contributed by atoms with van der Waals surface area (Å²) in [6.45, 7) is 0.0619. The van der Waals surface area contributed by atoms with Crippen LogP contribution in [0.15, 0.2) is 36.5 Å². The van der Waals surface area contributed by atoms with Gasteiger partial charge in [0.1, 0.15) is 11.5 Å². The van der Waals surface area contributed by atoms with Gasteiger partial charge in [0.05, 0.1) is 0 Å². The number of benzene rings is 1. The monoisotopic (exact) mass is 298 g/mol. The summed E-state index contributed by atoms with van der Waals surface area (Å²) >= 11 is 5.90. The van der Waals surface area contributed by atoms with Crippen molar-refractivity contribution < 1.29 is 9.18 Å². The molecule has 1 amide bonds. The summed E-state index contributed by atoms with van der Waals surface area (Å²) < 4.78 is 15.3. The minimum absolute atomic E-state index is 0.0619. The molecule has 1 aromatic carbocycles. The predicted octanol–water partition coefficient (Wildman–Crippen LogP) is 3.04. The van der Waals surface area contributed by atoms with Crippen LogP contribution < -0.4 is 5.32 Å². The number of carbonyl (C=O) groups excluding carboxylic acids is 1. The summed E-state index contributed by atoms with van der Waals surface area (Å²) in [7, 11) is 2.54. The van der Waals surface area contributed by atoms with Gasteiger partial charge >= 0.3 is 0 Å². The first-order valence-corrected chi connectivity index (χ1v) is 6.89. The fourth-order valence-electron chi connectivity index (χ4n) is 1.74. The number of halogens is 2. The zero-order chi connectivity index (χ0) is 13.8. The SMILES string of the molecule is O=C(NCc1c(F)cccc1Cl)c1cccn1CP. The molecule has 1 heterocycles. The quantitative estimate of drug-likeness (QED) is 0.865. The highest BCUT2D eigenvalue weighted by molar-refractivity contribution is 7.15. The molecule has 0 aliphatic rings. The maximum atomic E-state index is 13.5. The molecule has 2 rings (SSSR count). The van der Waals surface area contributed by atoms with E-state index in [0.717, 1.165) is 0 Å². The van der Waals surface area contributed by atoms with Gasteiger partial charge < -0.3 is 9.88 Å². The first-order valence-electron chi connectivity index (χ1n) is 5.69. The molecule has 0 saturated heterocycles. The normalized spacial score (nSPS) is 10.5. The number of hydrogen-bond acceptors (Lipinski definition) is 1. The van der Waals surface area contributed by atoms with Crippen molar-refractivity contribution in [2.24, 2.45) is 0 Å². The lowest BCUT2D eigenvalue weighted by atomic mass is 10.2. The van der Waals surface area contributed by atoms with Gasteiger partial charge in [0, 0.05) is 29.6 Å². The molecule has 3 nitrogen and oxygen atoms in total. The summed E-state index contributed by atoms with van der Waals surface area (Å²) in [5.41, 5.74) is 0.823. The average molecular weight is 299 g/mol. The van der Waals surface area contributed by atoms with Crippen LogP contribution in [0.1, 0.15) is 16.1 Å². The van der Waals surface area contributed by atoms with Gasteiger partial charge in [-0.25, -0.2) is 4.39 Å². The van der Waals surface area contributed by atoms with Crippen LogP contribution in [0.25, 0.3) is 0 Å². The highest BCUT2D eigenvalue weighted by Crippen LogP contribution is 2.18. The Morgan fingerprint density at radius 1 is 1.37 bits per heavy atom. The van der Waals surface area contributed by atoms with Crippen molar-refractivity contribution in [3.05, 3.63) is 58.6 Å². The van der Waals surface area contributed by atoms with Crippen molar-refractivity contribution in [3.8, 4) is 0 Å². The van der Waals surface area contributed by atoms with E-state index in [2.05, 4.69) is 14.6 Å². The van der Waals surface area contributed by atoms with Crippen LogP contribution >= 0.6 is 20.8 Å². The van der Waals surface area contributed by atoms with Crippen LogP contribution in [0.2, 0.25) is 5.02 Å². The number of carbonyl (C=O) groups is 1. The third-order valence-corrected chi connectivity index (χ3v) is 3.49. The fraction of sp³-hybridized carbons (Fsp3) is 0.154. The van der Waals surface area contributed by atoms with Crippen LogP contribution in [-0.4, -0.2) is 10.5 Å². The molecular formula is C13H13ClFN2OP. The molecule has 1 unspecified atom stereocenters. The van der Waals surface area contributed by atoms with Gasteiger partial charge in [-0.05, 0) is 24.3 Å². The summed E-state index contributed by atoms with van der Waals surface area (Å²) in [6, 6.07) is 7.94. The minimum Gasteiger partial charge on any atom is -0.347 e. The van der Waals surface area contributed by atoms with E-state index in [0.29, 0.717) is 22.6 Å². The molecule has 0 fully saturated rings. The highest BCUT2D eigenvalue weighted by atomic mass is 35.5. The second-order valence-electron chi connectivity index (χ2n) is 3.93. The number of amides is 1. The van der Waals surface area contributed by atoms with Crippen LogP contribution in [0.5, 0.6) is 0 Å². The van der Waals surface area contributed by atoms with Crippen LogP contribution in [0.3, 0.4) is 0 Å². The van der Waals surface area contributed by atoms with Crippen molar-refractivity contribution >= 4 is 26.7 Å². The van der Waals surface area contributed by atoms with E-state index in [9.17, 15) is 9.18 Å². The van der Waals surface area contributed by atoms with Crippen LogP contribution in [-0.2, 0) is 12.8 Å². The van der Waals surface area contributed by atoms with Gasteiger partial charge in [-0.1, -0.05) is 17.7 Å². The number of nitrogens with zero attached hydrogens (tertiary/aromatic N) is 1. The number of hydrogen-bond donors (Lipinski definition) is 1. The van der Waals surface area contributed by atoms with E-state index in [1.807, 2.05) is 0 Å². The molecule has 0 aliphatic carbocycles. The van der Waals surface area contributed by atoms with E-state index >= 15 is 0 Å². The van der Waals surface area contributed by atoms with E-state index in [4.69, 9.17) is 11.6 Å². The van der Waals surface area contributed by atoms with Gasteiger partial charge in [0.25, 0.3) is 5.91 Å². The summed E-state index contributed by atoms with van der Waals surface area (Å²) in [5, 5.41) is 2.97. The lowest BCUT2D eigenvalue weighted by Gasteiger charge is -2.09. The Labute approximate surface area is 118 Å². The predicted molar refractivity (Wildman–Crippen MR) is 76.7 cm³/mol. The third-order valence-electron chi connectivity index (χ3n) is 2.75. The maximum absolute atomic E-state index is 13.5. The summed E-state index contributed by atoms with van der Waals surface area (Å²) in [6.07, 6.45) is 2.42. The smallest absolute Gasteiger partial charge is 0.268 e. The topological polar surface area (TPSA) is 34.0 Å². The molecule has 6 heteroatoms. The van der Waals surface area contributed by atoms with Gasteiger partial charge in [-0.3, -0.25) is 4.79 Å². The van der Waals surface area contributed by atoms with Crippen molar-refractivity contribution in [3.63, 3.8) is 0 Å². The van der Waals surface area contributed by atoms with Gasteiger partial charge in [0.15, 0.2) is 0 Å². The lowest BCUT2D eigenvalue weighted by Crippen LogP contribution is -2.25.